The number of amides is 1. The number of nitrogens with one attached hydrogen (secondary N) is 1. The average Bonchev–Trinajstić information content (AvgIpc) is 3.56. The summed E-state index contributed by atoms with van der Waals surface area (Å²) in [7, 11) is 0. The van der Waals surface area contributed by atoms with Gasteiger partial charge in [0.2, 0.25) is 0 Å². The molecule has 1 N–H and O–H groups in total. The van der Waals surface area contributed by atoms with E-state index in [1.54, 1.807) is 17.5 Å². The van der Waals surface area contributed by atoms with Gasteiger partial charge in [0, 0.05) is 16.8 Å². The molecule has 14 heteroatoms. The number of hydrogen-bond acceptors (Lipinski definition) is 5. The topological polar surface area (TPSA) is 77.1 Å². The lowest BCUT2D eigenvalue weighted by Gasteiger charge is -2.10. The molecule has 0 saturated heterocycles. The van der Waals surface area contributed by atoms with Gasteiger partial charge in [-0.3, -0.25) is 9.48 Å². The Kier molecular flexibility index (Phi) is 6.18. The number of halogens is 6. The van der Waals surface area contributed by atoms with E-state index in [1.165, 1.54) is 46.6 Å². The van der Waals surface area contributed by atoms with E-state index in [-0.39, 0.29) is 39.2 Å². The summed E-state index contributed by atoms with van der Waals surface area (Å²) in [6.07, 6.45) is -2.10. The molecule has 1 aromatic carbocycles. The van der Waals surface area contributed by atoms with E-state index in [9.17, 15) is 22.4 Å². The van der Waals surface area contributed by atoms with Crippen LogP contribution in [0.15, 0.2) is 54.2 Å². The fourth-order valence-electron chi connectivity index (χ4n) is 3.44. The third-order valence-electron chi connectivity index (χ3n) is 5.08. The third kappa shape index (κ3) is 4.54. The highest BCUT2D eigenvalue weighted by Crippen LogP contribution is 2.35. The maximum absolute atomic E-state index is 14.0. The predicted octanol–water partition coefficient (Wildman–Crippen LogP) is 6.42. The van der Waals surface area contributed by atoms with E-state index < -0.39 is 29.3 Å². The Morgan fingerprint density at radius 2 is 1.97 bits per heavy atom. The summed E-state index contributed by atoms with van der Waals surface area (Å²) in [5, 5.41) is 11.9. The molecule has 0 spiro atoms. The van der Waals surface area contributed by atoms with Gasteiger partial charge < -0.3 is 5.32 Å². The van der Waals surface area contributed by atoms with Gasteiger partial charge in [0.15, 0.2) is 17.0 Å². The Bertz CT molecular complexity index is 1580. The van der Waals surface area contributed by atoms with E-state index in [0.29, 0.717) is 9.39 Å². The van der Waals surface area contributed by atoms with Crippen LogP contribution in [0.2, 0.25) is 10.0 Å². The summed E-state index contributed by atoms with van der Waals surface area (Å²) in [6.45, 7) is -0.0130. The van der Waals surface area contributed by atoms with Gasteiger partial charge in [0.05, 0.1) is 29.0 Å². The second-order valence-corrected chi connectivity index (χ2v) is 9.21. The van der Waals surface area contributed by atoms with Crippen LogP contribution in [0.1, 0.15) is 21.7 Å². The van der Waals surface area contributed by atoms with Crippen molar-refractivity contribution in [3.63, 3.8) is 0 Å². The Hall–Kier alpha value is -3.48. The van der Waals surface area contributed by atoms with Gasteiger partial charge in [-0.2, -0.15) is 23.4 Å². The maximum atomic E-state index is 14.0. The third-order valence-corrected chi connectivity index (χ3v) is 6.68. The average molecular weight is 555 g/mol. The number of alkyl halides is 3. The zero-order valence-corrected chi connectivity index (χ0v) is 20.1. The molecule has 4 heterocycles. The molecule has 4 aromatic heterocycles. The molecule has 0 atom stereocenters. The van der Waals surface area contributed by atoms with E-state index in [2.05, 4.69) is 20.5 Å². The smallest absolute Gasteiger partial charge is 0.318 e. The van der Waals surface area contributed by atoms with Crippen LogP contribution in [0.25, 0.3) is 16.2 Å². The normalized spacial score (nSPS) is 11.8. The highest BCUT2D eigenvalue weighted by atomic mass is 35.5. The number of hydrogen-bond donors (Lipinski definition) is 1. The predicted molar refractivity (Wildman–Crippen MR) is 127 cm³/mol. The van der Waals surface area contributed by atoms with Gasteiger partial charge in [-0.1, -0.05) is 35.3 Å². The maximum Gasteiger partial charge on any atom is 0.433 e. The number of anilines is 1. The molecule has 0 fully saturated rings. The van der Waals surface area contributed by atoms with Crippen molar-refractivity contribution in [3.8, 4) is 10.6 Å². The molecule has 0 radical (unpaired) electrons. The van der Waals surface area contributed by atoms with Crippen molar-refractivity contribution < 1.29 is 22.4 Å². The summed E-state index contributed by atoms with van der Waals surface area (Å²) in [5.41, 5.74) is -1.47. The molecule has 36 heavy (non-hydrogen) atoms. The van der Waals surface area contributed by atoms with Crippen LogP contribution >= 0.6 is 34.5 Å². The number of nitrogens with zero attached hydrogens (tertiary/aromatic N) is 5. The molecule has 0 bridgehead atoms. The summed E-state index contributed by atoms with van der Waals surface area (Å²) in [5.74, 6) is -1.39. The molecule has 5 aromatic rings. The molecule has 184 valence electrons. The van der Waals surface area contributed by atoms with E-state index in [1.807, 2.05) is 0 Å². The number of carbonyl (C=O) groups is 1. The monoisotopic (exact) mass is 554 g/mol. The summed E-state index contributed by atoms with van der Waals surface area (Å²) in [4.78, 5) is 17.6. The Labute approximate surface area is 213 Å². The van der Waals surface area contributed by atoms with Crippen molar-refractivity contribution in [3.05, 3.63) is 87.0 Å². The van der Waals surface area contributed by atoms with Crippen LogP contribution in [0.5, 0.6) is 0 Å². The molecule has 0 saturated carbocycles. The molecular weight excluding hydrogens is 543 g/mol. The van der Waals surface area contributed by atoms with E-state index in [4.69, 9.17) is 23.2 Å². The van der Waals surface area contributed by atoms with Gasteiger partial charge in [0.25, 0.3) is 5.91 Å². The van der Waals surface area contributed by atoms with Gasteiger partial charge in [-0.25, -0.2) is 13.9 Å². The first-order valence-electron chi connectivity index (χ1n) is 10.1. The molecule has 0 aliphatic rings. The number of thiophene rings is 1. The van der Waals surface area contributed by atoms with Crippen molar-refractivity contribution in [2.45, 2.75) is 12.7 Å². The zero-order chi connectivity index (χ0) is 25.6. The fraction of sp³-hybridized carbons (Fsp3) is 0.0909. The summed E-state index contributed by atoms with van der Waals surface area (Å²) >= 11 is 13.5. The van der Waals surface area contributed by atoms with E-state index in [0.717, 1.165) is 6.07 Å². The van der Waals surface area contributed by atoms with Gasteiger partial charge in [-0.15, -0.1) is 11.3 Å². The van der Waals surface area contributed by atoms with Crippen LogP contribution in [0.3, 0.4) is 0 Å². The number of rotatable bonds is 5. The van der Waals surface area contributed by atoms with Crippen LogP contribution < -0.4 is 5.32 Å². The van der Waals surface area contributed by atoms with Crippen LogP contribution in [0.4, 0.5) is 23.2 Å². The Morgan fingerprint density at radius 3 is 2.67 bits per heavy atom. The molecule has 5 rings (SSSR count). The number of aromatic nitrogens is 5. The highest BCUT2D eigenvalue weighted by molar-refractivity contribution is 7.13. The first-order chi connectivity index (χ1) is 17.1. The zero-order valence-electron chi connectivity index (χ0n) is 17.7. The lowest BCUT2D eigenvalue weighted by Crippen LogP contribution is -2.15. The van der Waals surface area contributed by atoms with Crippen molar-refractivity contribution in [2.75, 3.05) is 5.32 Å². The van der Waals surface area contributed by atoms with Crippen LogP contribution in [-0.4, -0.2) is 30.3 Å². The molecule has 0 aliphatic heterocycles. The second-order valence-electron chi connectivity index (χ2n) is 7.48. The Morgan fingerprint density at radius 1 is 1.17 bits per heavy atom. The van der Waals surface area contributed by atoms with Gasteiger partial charge in [-0.05, 0) is 29.6 Å². The van der Waals surface area contributed by atoms with Crippen molar-refractivity contribution >= 4 is 51.8 Å². The standard InChI is InChI=1S/C22H12Cl2F4N6OS/c23-13-3-1-4-14(25)12(13)10-33-9-11(8-29-33)30-21(35)19-18(24)20-31-15(16-5-2-6-36-16)7-17(22(26,27)28)34(20)32-19/h1-9H,10H2,(H,30,35). The van der Waals surface area contributed by atoms with Crippen molar-refractivity contribution in [2.24, 2.45) is 0 Å². The first-order valence-corrected chi connectivity index (χ1v) is 11.7. The number of carbonyl (C=O) groups excluding carboxylic acids is 1. The largest absolute Gasteiger partial charge is 0.433 e. The van der Waals surface area contributed by atoms with Gasteiger partial charge in [0.1, 0.15) is 10.8 Å². The number of benzene rings is 1. The SMILES string of the molecule is O=C(Nc1cnn(Cc2c(F)cccc2Cl)c1)c1nn2c(C(F)(F)F)cc(-c3cccs3)nc2c1Cl. The second kappa shape index (κ2) is 9.19. The highest BCUT2D eigenvalue weighted by Gasteiger charge is 2.37. The molecule has 1 amide bonds. The van der Waals surface area contributed by atoms with Crippen molar-refractivity contribution in [1.29, 1.82) is 0 Å². The fourth-order valence-corrected chi connectivity index (χ4v) is 4.59. The van der Waals surface area contributed by atoms with Crippen LogP contribution in [0, 0.1) is 5.82 Å². The first kappa shape index (κ1) is 24.2. The van der Waals surface area contributed by atoms with Crippen LogP contribution in [-0.2, 0) is 12.7 Å². The minimum Gasteiger partial charge on any atom is -0.318 e. The minimum absolute atomic E-state index is 0.0130. The van der Waals surface area contributed by atoms with Gasteiger partial charge >= 0.3 is 6.18 Å². The summed E-state index contributed by atoms with van der Waals surface area (Å²) < 4.78 is 57.3. The molecular formula is C22H12Cl2F4N6OS. The summed E-state index contributed by atoms with van der Waals surface area (Å²) in [6, 6.07) is 8.40. The lowest BCUT2D eigenvalue weighted by atomic mass is 10.2. The number of fused-ring (bicyclic) bond motifs is 1. The molecule has 0 unspecified atom stereocenters. The van der Waals surface area contributed by atoms with E-state index >= 15 is 0 Å². The molecule has 7 nitrogen and oxygen atoms in total. The molecule has 0 aliphatic carbocycles. The minimum atomic E-state index is -4.79. The van der Waals surface area contributed by atoms with Crippen molar-refractivity contribution in [1.82, 2.24) is 24.4 Å². The lowest BCUT2D eigenvalue weighted by molar-refractivity contribution is -0.142. The Balaban J connectivity index is 1.46. The quantitative estimate of drug-likeness (QED) is 0.254.